The van der Waals surface area contributed by atoms with Gasteiger partial charge in [0.1, 0.15) is 11.9 Å². The van der Waals surface area contributed by atoms with Crippen LogP contribution in [0.1, 0.15) is 71.6 Å². The molecule has 35 heavy (non-hydrogen) atoms. The Balaban J connectivity index is 0.00000100. The van der Waals surface area contributed by atoms with E-state index in [2.05, 4.69) is 34.8 Å². The highest BCUT2D eigenvalue weighted by atomic mass is 32.2. The fourth-order valence-electron chi connectivity index (χ4n) is 3.65. The smallest absolute Gasteiger partial charge is 0.303 e. The standard InChI is InChI=1S/C21H28N4O5S.C4H10/c26-20(27)7-4-12-31(29,30)17-10-8-16(9-11-17)25-21(28)18-13-19(23-14-22-18)24-15-5-2-1-3-6-15;1-3-4-2/h8-11,13-15,19,24H,1-7,12H2,(H,22,23)(H,25,28)(H,26,27);3-4H2,1-2H3. The third kappa shape index (κ3) is 10.2. The van der Waals surface area contributed by atoms with Gasteiger partial charge in [-0.1, -0.05) is 46.0 Å². The van der Waals surface area contributed by atoms with E-state index >= 15 is 0 Å². The van der Waals surface area contributed by atoms with Crippen LogP contribution in [0.4, 0.5) is 5.69 Å². The largest absolute Gasteiger partial charge is 0.481 e. The van der Waals surface area contributed by atoms with Crippen LogP contribution in [0.2, 0.25) is 0 Å². The zero-order chi connectivity index (χ0) is 25.7. The predicted molar refractivity (Wildman–Crippen MR) is 138 cm³/mol. The zero-order valence-corrected chi connectivity index (χ0v) is 21.4. The lowest BCUT2D eigenvalue weighted by Gasteiger charge is -2.26. The number of anilines is 1. The van der Waals surface area contributed by atoms with Crippen LogP contribution in [0.25, 0.3) is 0 Å². The van der Waals surface area contributed by atoms with Crippen LogP contribution in [0, 0.1) is 0 Å². The van der Waals surface area contributed by atoms with Gasteiger partial charge in [0.05, 0.1) is 17.0 Å². The Kier molecular flexibility index (Phi) is 11.9. The zero-order valence-electron chi connectivity index (χ0n) is 20.6. The first-order valence-electron chi connectivity index (χ1n) is 12.4. The van der Waals surface area contributed by atoms with Crippen molar-refractivity contribution in [2.24, 2.45) is 4.99 Å². The molecule has 4 N–H and O–H groups in total. The number of carboxylic acid groups (broad SMARTS) is 1. The van der Waals surface area contributed by atoms with Crippen molar-refractivity contribution >= 4 is 33.7 Å². The number of hydrogen-bond donors (Lipinski definition) is 4. The first-order chi connectivity index (χ1) is 16.7. The molecule has 1 aromatic carbocycles. The summed E-state index contributed by atoms with van der Waals surface area (Å²) < 4.78 is 24.5. The quantitative estimate of drug-likeness (QED) is 0.378. The van der Waals surface area contributed by atoms with Gasteiger partial charge >= 0.3 is 5.97 Å². The van der Waals surface area contributed by atoms with Crippen LogP contribution < -0.4 is 16.0 Å². The van der Waals surface area contributed by atoms with Crippen molar-refractivity contribution < 1.29 is 23.1 Å². The van der Waals surface area contributed by atoms with Crippen LogP contribution in [-0.4, -0.2) is 49.7 Å². The first kappa shape index (κ1) is 28.5. The maximum atomic E-state index is 12.6. The van der Waals surface area contributed by atoms with E-state index in [1.165, 1.54) is 62.7 Å². The van der Waals surface area contributed by atoms with Crippen molar-refractivity contribution in [2.45, 2.75) is 88.7 Å². The summed E-state index contributed by atoms with van der Waals surface area (Å²) in [6.45, 7) is 4.36. The van der Waals surface area contributed by atoms with E-state index in [1.807, 2.05) is 0 Å². The Labute approximate surface area is 208 Å². The van der Waals surface area contributed by atoms with Crippen LogP contribution in [-0.2, 0) is 19.4 Å². The fraction of sp³-hybridized carbons (Fsp3) is 0.560. The van der Waals surface area contributed by atoms with Gasteiger partial charge in [0, 0.05) is 18.2 Å². The van der Waals surface area contributed by atoms with Gasteiger partial charge in [-0.2, -0.15) is 0 Å². The maximum absolute atomic E-state index is 12.6. The van der Waals surface area contributed by atoms with E-state index in [4.69, 9.17) is 5.11 Å². The molecule has 1 atom stereocenters. The van der Waals surface area contributed by atoms with Crippen LogP contribution >= 0.6 is 0 Å². The molecule has 10 heteroatoms. The average Bonchev–Trinajstić information content (AvgIpc) is 2.85. The number of aliphatic carboxylic acids is 1. The summed E-state index contributed by atoms with van der Waals surface area (Å²) in [6.07, 6.45) is 11.4. The summed E-state index contributed by atoms with van der Waals surface area (Å²) in [5.41, 5.74) is 0.824. The molecule has 0 aromatic heterocycles. The molecular formula is C25H38N4O5S. The molecule has 1 saturated carbocycles. The Hall–Kier alpha value is -2.72. The number of unbranched alkanes of at least 4 members (excludes halogenated alkanes) is 1. The van der Waals surface area contributed by atoms with E-state index in [1.54, 1.807) is 6.08 Å². The van der Waals surface area contributed by atoms with Gasteiger partial charge in [-0.15, -0.1) is 0 Å². The number of rotatable bonds is 10. The molecule has 1 heterocycles. The van der Waals surface area contributed by atoms with Gasteiger partial charge in [-0.25, -0.2) is 8.42 Å². The second-order valence-corrected chi connectivity index (χ2v) is 10.9. The van der Waals surface area contributed by atoms with Gasteiger partial charge in [-0.3, -0.25) is 19.9 Å². The number of carbonyl (C=O) groups is 2. The lowest BCUT2D eigenvalue weighted by molar-refractivity contribution is -0.137. The van der Waals surface area contributed by atoms with Gasteiger partial charge in [0.15, 0.2) is 9.84 Å². The average molecular weight is 507 g/mol. The van der Waals surface area contributed by atoms with Gasteiger partial charge in [-0.05, 0) is 49.6 Å². The topological polar surface area (TPSA) is 137 Å². The van der Waals surface area contributed by atoms with Gasteiger partial charge < -0.3 is 15.7 Å². The van der Waals surface area contributed by atoms with Gasteiger partial charge in [0.25, 0.3) is 5.91 Å². The lowest BCUT2D eigenvalue weighted by atomic mass is 9.95. The molecule has 3 rings (SSSR count). The van der Waals surface area contributed by atoms with E-state index < -0.39 is 15.8 Å². The van der Waals surface area contributed by atoms with E-state index in [-0.39, 0.29) is 35.6 Å². The van der Waals surface area contributed by atoms with Gasteiger partial charge in [0.2, 0.25) is 0 Å². The number of nitrogens with zero attached hydrogens (tertiary/aromatic N) is 1. The van der Waals surface area contributed by atoms with Crippen molar-refractivity contribution in [3.05, 3.63) is 36.0 Å². The summed E-state index contributed by atoms with van der Waals surface area (Å²) in [6, 6.07) is 6.24. The van der Waals surface area contributed by atoms with Crippen LogP contribution in [0.5, 0.6) is 0 Å². The minimum Gasteiger partial charge on any atom is -0.481 e. The number of sulfone groups is 1. The van der Waals surface area contributed by atoms with Crippen LogP contribution in [0.3, 0.4) is 0 Å². The minimum atomic E-state index is -3.57. The molecule has 1 unspecified atom stereocenters. The summed E-state index contributed by atoms with van der Waals surface area (Å²) in [4.78, 5) is 27.6. The minimum absolute atomic E-state index is 0.0492. The molecule has 9 nitrogen and oxygen atoms in total. The fourth-order valence-corrected chi connectivity index (χ4v) is 4.97. The second kappa shape index (κ2) is 14.6. The molecule has 0 radical (unpaired) electrons. The third-order valence-electron chi connectivity index (χ3n) is 5.81. The SMILES string of the molecule is CCCC.O=C(O)CCCS(=O)(=O)c1ccc(NC(=O)C2=CC(NC3CCCCC3)N=CN2)cc1. The number of benzene rings is 1. The number of carboxylic acids is 1. The molecular weight excluding hydrogens is 468 g/mol. The molecule has 1 aliphatic carbocycles. The molecule has 1 fully saturated rings. The highest BCUT2D eigenvalue weighted by Crippen LogP contribution is 2.19. The normalized spacial score (nSPS) is 18.0. The number of aliphatic imine (C=N–C) groups is 1. The number of nitrogens with one attached hydrogen (secondary N) is 3. The maximum Gasteiger partial charge on any atom is 0.303 e. The molecule has 0 saturated heterocycles. The van der Waals surface area contributed by atoms with Crippen molar-refractivity contribution in [3.8, 4) is 0 Å². The van der Waals surface area contributed by atoms with E-state index in [0.717, 1.165) is 12.8 Å². The van der Waals surface area contributed by atoms with Crippen molar-refractivity contribution in [1.29, 1.82) is 0 Å². The Bertz CT molecular complexity index is 982. The van der Waals surface area contributed by atoms with E-state index in [0.29, 0.717) is 17.4 Å². The Morgan fingerprint density at radius 3 is 2.34 bits per heavy atom. The summed E-state index contributed by atoms with van der Waals surface area (Å²) in [7, 11) is -3.57. The molecule has 194 valence electrons. The molecule has 1 amide bonds. The number of hydrogen-bond acceptors (Lipinski definition) is 7. The Morgan fingerprint density at radius 2 is 1.74 bits per heavy atom. The highest BCUT2D eigenvalue weighted by Gasteiger charge is 2.20. The van der Waals surface area contributed by atoms with Crippen molar-refractivity contribution in [2.75, 3.05) is 11.1 Å². The molecule has 2 aliphatic rings. The first-order valence-corrected chi connectivity index (χ1v) is 14.0. The summed E-state index contributed by atoms with van der Waals surface area (Å²) in [5, 5.41) is 17.7. The monoisotopic (exact) mass is 506 g/mol. The number of carbonyl (C=O) groups excluding carboxylic acids is 1. The summed E-state index contributed by atoms with van der Waals surface area (Å²) in [5.74, 6) is -1.62. The summed E-state index contributed by atoms with van der Waals surface area (Å²) >= 11 is 0. The lowest BCUT2D eigenvalue weighted by Crippen LogP contribution is -2.41. The number of amides is 1. The molecule has 0 bridgehead atoms. The van der Waals surface area contributed by atoms with Crippen molar-refractivity contribution in [3.63, 3.8) is 0 Å². The van der Waals surface area contributed by atoms with Crippen molar-refractivity contribution in [1.82, 2.24) is 10.6 Å². The molecule has 0 spiro atoms. The third-order valence-corrected chi connectivity index (χ3v) is 7.63. The molecule has 1 aliphatic heterocycles. The second-order valence-electron chi connectivity index (χ2n) is 8.74. The van der Waals surface area contributed by atoms with E-state index in [9.17, 15) is 18.0 Å². The van der Waals surface area contributed by atoms with Crippen LogP contribution in [0.15, 0.2) is 45.9 Å². The Morgan fingerprint density at radius 1 is 1.09 bits per heavy atom. The molecule has 1 aromatic rings. The predicted octanol–water partition coefficient (Wildman–Crippen LogP) is 3.83. The highest BCUT2D eigenvalue weighted by molar-refractivity contribution is 7.91.